The molecule has 0 aromatic heterocycles. The Balaban J connectivity index is 1.91. The number of anilines is 1. The van der Waals surface area contributed by atoms with Gasteiger partial charge in [0.1, 0.15) is 11.6 Å². The molecule has 1 unspecified atom stereocenters. The molecule has 3 rings (SSSR count). The molecule has 0 amide bonds. The van der Waals surface area contributed by atoms with Crippen LogP contribution in [0.2, 0.25) is 0 Å². The molecule has 0 fully saturated rings. The Labute approximate surface area is 160 Å². The number of nitrogens with zero attached hydrogens (tertiary/aromatic N) is 1. The molecule has 26 heavy (non-hydrogen) atoms. The molecular formula is C19H17F2NO2S2. The van der Waals surface area contributed by atoms with Gasteiger partial charge in [-0.2, -0.15) is 0 Å². The molecule has 7 heteroatoms. The molecule has 0 saturated heterocycles. The monoisotopic (exact) mass is 393 g/mol. The second kappa shape index (κ2) is 8.14. The summed E-state index contributed by atoms with van der Waals surface area (Å²) in [5.74, 6) is -1.56. The number of carbonyl (C=O) groups is 1. The molecular weight excluding hydrogens is 376 g/mol. The highest BCUT2D eigenvalue weighted by molar-refractivity contribution is 8.02. The number of ether oxygens (including phenoxy) is 1. The maximum Gasteiger partial charge on any atom is 0.307 e. The Bertz CT molecular complexity index is 844. The maximum atomic E-state index is 14.1. The normalized spacial score (nSPS) is 16.3. The van der Waals surface area contributed by atoms with E-state index in [0.29, 0.717) is 17.2 Å². The molecule has 2 aromatic rings. The van der Waals surface area contributed by atoms with Gasteiger partial charge in [-0.25, -0.2) is 8.78 Å². The van der Waals surface area contributed by atoms with Crippen LogP contribution in [0.5, 0.6) is 0 Å². The van der Waals surface area contributed by atoms with Gasteiger partial charge < -0.3 is 9.64 Å². The fourth-order valence-electron chi connectivity index (χ4n) is 2.76. The van der Waals surface area contributed by atoms with Crippen LogP contribution in [0.1, 0.15) is 18.9 Å². The Kier molecular flexibility index (Phi) is 5.88. The van der Waals surface area contributed by atoms with Gasteiger partial charge >= 0.3 is 5.97 Å². The molecule has 2 aromatic carbocycles. The Hall–Kier alpha value is -1.99. The minimum absolute atomic E-state index is 0.147. The molecule has 0 radical (unpaired) electrons. The molecule has 1 heterocycles. The number of hydrogen-bond donors (Lipinski definition) is 0. The van der Waals surface area contributed by atoms with Crippen molar-refractivity contribution in [2.24, 2.45) is 0 Å². The second-order valence-corrected chi connectivity index (χ2v) is 7.41. The highest BCUT2D eigenvalue weighted by Crippen LogP contribution is 2.41. The van der Waals surface area contributed by atoms with Crippen molar-refractivity contribution in [1.82, 2.24) is 0 Å². The van der Waals surface area contributed by atoms with Crippen LogP contribution in [-0.4, -0.2) is 22.8 Å². The first kappa shape index (κ1) is 18.8. The topological polar surface area (TPSA) is 29.5 Å². The Morgan fingerprint density at radius 2 is 2.04 bits per heavy atom. The van der Waals surface area contributed by atoms with Gasteiger partial charge in [-0.3, -0.25) is 4.79 Å². The molecule has 0 spiro atoms. The first-order valence-electron chi connectivity index (χ1n) is 8.16. The van der Waals surface area contributed by atoms with Gasteiger partial charge in [-0.05, 0) is 25.1 Å². The highest BCUT2D eigenvalue weighted by atomic mass is 32.2. The van der Waals surface area contributed by atoms with E-state index < -0.39 is 11.6 Å². The molecule has 1 aliphatic heterocycles. The van der Waals surface area contributed by atoms with E-state index in [0.717, 1.165) is 16.6 Å². The van der Waals surface area contributed by atoms with Gasteiger partial charge in [0.05, 0.1) is 35.5 Å². The van der Waals surface area contributed by atoms with Crippen LogP contribution in [0.3, 0.4) is 0 Å². The zero-order valence-electron chi connectivity index (χ0n) is 14.1. The van der Waals surface area contributed by atoms with E-state index in [2.05, 4.69) is 0 Å². The standard InChI is InChI=1S/C19H17F2NO2S2/c1-2-24-18(23)10-17-19(25)22(15-5-3-4-6-16(15)26-17)11-12-7-8-13(20)9-14(12)21/h3-9,17H,2,10-11H2,1H3. The van der Waals surface area contributed by atoms with Gasteiger partial charge in [-0.1, -0.05) is 30.4 Å². The predicted molar refractivity (Wildman–Crippen MR) is 102 cm³/mol. The number of hydrogen-bond acceptors (Lipinski definition) is 4. The Morgan fingerprint density at radius 1 is 1.27 bits per heavy atom. The van der Waals surface area contributed by atoms with Gasteiger partial charge in [0, 0.05) is 16.5 Å². The van der Waals surface area contributed by atoms with E-state index in [1.807, 2.05) is 24.3 Å². The van der Waals surface area contributed by atoms with Crippen molar-refractivity contribution in [2.75, 3.05) is 11.5 Å². The third-order valence-electron chi connectivity index (χ3n) is 3.97. The van der Waals surface area contributed by atoms with Crippen LogP contribution in [0.4, 0.5) is 14.5 Å². The average molecular weight is 393 g/mol. The molecule has 0 aliphatic carbocycles. The zero-order chi connectivity index (χ0) is 18.7. The summed E-state index contributed by atoms with van der Waals surface area (Å²) in [5, 5.41) is -0.276. The lowest BCUT2D eigenvalue weighted by molar-refractivity contribution is -0.142. The third kappa shape index (κ3) is 4.04. The predicted octanol–water partition coefficient (Wildman–Crippen LogP) is 4.73. The second-order valence-electron chi connectivity index (χ2n) is 5.74. The summed E-state index contributed by atoms with van der Waals surface area (Å²) >= 11 is 7.10. The molecule has 0 bridgehead atoms. The quantitative estimate of drug-likeness (QED) is 0.541. The SMILES string of the molecule is CCOC(=O)CC1Sc2ccccc2N(Cc2ccc(F)cc2F)C1=S. The minimum atomic E-state index is -0.622. The van der Waals surface area contributed by atoms with Crippen molar-refractivity contribution in [3.63, 3.8) is 0 Å². The van der Waals surface area contributed by atoms with E-state index in [-0.39, 0.29) is 24.2 Å². The van der Waals surface area contributed by atoms with Crippen LogP contribution >= 0.6 is 24.0 Å². The number of rotatable bonds is 5. The lowest BCUT2D eigenvalue weighted by atomic mass is 10.1. The number of thiocarbonyl (C=S) groups is 1. The zero-order valence-corrected chi connectivity index (χ0v) is 15.7. The van der Waals surface area contributed by atoms with Crippen LogP contribution in [0.25, 0.3) is 0 Å². The van der Waals surface area contributed by atoms with Gasteiger partial charge in [0.2, 0.25) is 0 Å². The molecule has 136 valence electrons. The molecule has 0 N–H and O–H groups in total. The van der Waals surface area contributed by atoms with Crippen LogP contribution in [-0.2, 0) is 16.1 Å². The molecule has 3 nitrogen and oxygen atoms in total. The summed E-state index contributed by atoms with van der Waals surface area (Å²) < 4.78 is 32.3. The largest absolute Gasteiger partial charge is 0.466 e. The summed E-state index contributed by atoms with van der Waals surface area (Å²) in [6.07, 6.45) is 0.147. The van der Waals surface area contributed by atoms with Crippen molar-refractivity contribution in [2.45, 2.75) is 30.0 Å². The summed E-state index contributed by atoms with van der Waals surface area (Å²) in [7, 11) is 0. The first-order valence-corrected chi connectivity index (χ1v) is 9.45. The summed E-state index contributed by atoms with van der Waals surface area (Å²) in [6.45, 7) is 2.23. The number of benzene rings is 2. The van der Waals surface area contributed by atoms with E-state index in [9.17, 15) is 13.6 Å². The number of esters is 1. The van der Waals surface area contributed by atoms with E-state index in [4.69, 9.17) is 17.0 Å². The van der Waals surface area contributed by atoms with Crippen LogP contribution in [0, 0.1) is 11.6 Å². The molecule has 0 saturated carbocycles. The average Bonchev–Trinajstić information content (AvgIpc) is 2.60. The van der Waals surface area contributed by atoms with Gasteiger partial charge in [0.25, 0.3) is 0 Å². The van der Waals surface area contributed by atoms with Crippen molar-refractivity contribution < 1.29 is 18.3 Å². The lowest BCUT2D eigenvalue weighted by Crippen LogP contribution is -2.40. The molecule has 1 aliphatic rings. The van der Waals surface area contributed by atoms with E-state index in [1.165, 1.54) is 23.9 Å². The van der Waals surface area contributed by atoms with E-state index in [1.54, 1.807) is 11.8 Å². The smallest absolute Gasteiger partial charge is 0.307 e. The molecule has 1 atom stereocenters. The van der Waals surface area contributed by atoms with Crippen molar-refractivity contribution in [3.8, 4) is 0 Å². The highest BCUT2D eigenvalue weighted by Gasteiger charge is 2.32. The maximum absolute atomic E-state index is 14.1. The lowest BCUT2D eigenvalue weighted by Gasteiger charge is -2.36. The summed E-state index contributed by atoms with van der Waals surface area (Å²) in [6, 6.07) is 11.1. The first-order chi connectivity index (χ1) is 12.5. The number of thioether (sulfide) groups is 1. The van der Waals surface area contributed by atoms with Crippen molar-refractivity contribution >= 4 is 40.6 Å². The summed E-state index contributed by atoms with van der Waals surface area (Å²) in [4.78, 5) is 15.2. The van der Waals surface area contributed by atoms with Gasteiger partial charge in [-0.15, -0.1) is 11.8 Å². The Morgan fingerprint density at radius 3 is 2.77 bits per heavy atom. The van der Waals surface area contributed by atoms with Gasteiger partial charge in [0.15, 0.2) is 0 Å². The van der Waals surface area contributed by atoms with E-state index >= 15 is 0 Å². The summed E-state index contributed by atoms with van der Waals surface area (Å²) in [5.41, 5.74) is 1.19. The van der Waals surface area contributed by atoms with Crippen LogP contribution in [0.15, 0.2) is 47.4 Å². The third-order valence-corrected chi connectivity index (χ3v) is 5.90. The van der Waals surface area contributed by atoms with Crippen molar-refractivity contribution in [3.05, 3.63) is 59.7 Å². The number of carbonyl (C=O) groups excluding carboxylic acids is 1. The minimum Gasteiger partial charge on any atom is -0.466 e. The van der Waals surface area contributed by atoms with Crippen LogP contribution < -0.4 is 4.90 Å². The number of halogens is 2. The number of para-hydroxylation sites is 1. The fourth-order valence-corrected chi connectivity index (χ4v) is 4.36. The van der Waals surface area contributed by atoms with Crippen molar-refractivity contribution in [1.29, 1.82) is 0 Å². The number of fused-ring (bicyclic) bond motifs is 1. The fraction of sp³-hybridized carbons (Fsp3) is 0.263.